The van der Waals surface area contributed by atoms with E-state index >= 15 is 0 Å². The first kappa shape index (κ1) is 25.8. The molecule has 4 heteroatoms. The summed E-state index contributed by atoms with van der Waals surface area (Å²) in [5, 5.41) is 14.9. The first-order valence-corrected chi connectivity index (χ1v) is 15.5. The van der Waals surface area contributed by atoms with Crippen molar-refractivity contribution in [2.45, 2.75) is 12.3 Å². The first-order chi connectivity index (χ1) is 22.3. The van der Waals surface area contributed by atoms with Crippen LogP contribution in [0, 0.1) is 0 Å². The second kappa shape index (κ2) is 10.5. The molecule has 0 saturated carbocycles. The summed E-state index contributed by atoms with van der Waals surface area (Å²) in [5.74, 6) is 0.825. The van der Waals surface area contributed by atoms with E-state index in [1.165, 1.54) is 43.4 Å². The van der Waals surface area contributed by atoms with Crippen LogP contribution in [0.15, 0.2) is 163 Å². The fraction of sp³-hybridized carbons (Fsp3) is 0.0488. The number of rotatable bonds is 3. The third-order valence-electron chi connectivity index (χ3n) is 9.05. The maximum absolute atomic E-state index is 5.32. The van der Waals surface area contributed by atoms with Gasteiger partial charge in [-0.05, 0) is 68.1 Å². The molecule has 0 amide bonds. The summed E-state index contributed by atoms with van der Waals surface area (Å²) < 4.78 is 2.31. The Hall–Kier alpha value is -5.71. The van der Waals surface area contributed by atoms with Gasteiger partial charge in [-0.15, -0.1) is 0 Å². The zero-order valence-corrected chi connectivity index (χ0v) is 24.6. The molecule has 1 aliphatic rings. The van der Waals surface area contributed by atoms with Gasteiger partial charge in [-0.1, -0.05) is 133 Å². The standard InChI is InChI=1S/C41H30N4/c1-4-14-27(15-5-1)34-24-30-25-38-36(26-35(30)32-21-11-10-20-31(32)34)33-22-12-13-23-37(33)45(38)41-43-39(28-16-6-2-7-17-28)42-40(44-41)29-18-8-3-9-19-29/h1-26,39-40,42H,(H,43,44). The van der Waals surface area contributed by atoms with Crippen LogP contribution >= 0.6 is 0 Å². The average molecular weight is 579 g/mol. The highest BCUT2D eigenvalue weighted by molar-refractivity contribution is 6.22. The minimum absolute atomic E-state index is 0.116. The fourth-order valence-corrected chi connectivity index (χ4v) is 6.93. The molecule has 0 saturated heterocycles. The molecule has 4 nitrogen and oxygen atoms in total. The monoisotopic (exact) mass is 578 g/mol. The lowest BCUT2D eigenvalue weighted by molar-refractivity contribution is 0.403. The summed E-state index contributed by atoms with van der Waals surface area (Å²) >= 11 is 0. The zero-order valence-electron chi connectivity index (χ0n) is 24.6. The lowest BCUT2D eigenvalue weighted by atomic mass is 9.92. The Labute approximate surface area is 261 Å². The van der Waals surface area contributed by atoms with Gasteiger partial charge < -0.3 is 5.32 Å². The molecule has 2 heterocycles. The van der Waals surface area contributed by atoms with Crippen LogP contribution in [0.1, 0.15) is 23.5 Å². The Bertz CT molecular complexity index is 2370. The van der Waals surface area contributed by atoms with E-state index in [0.29, 0.717) is 0 Å². The molecule has 8 aromatic rings. The van der Waals surface area contributed by atoms with E-state index in [0.717, 1.165) is 28.1 Å². The number of aromatic nitrogens is 1. The number of benzene rings is 7. The van der Waals surface area contributed by atoms with Gasteiger partial charge in [0.05, 0.1) is 11.0 Å². The summed E-state index contributed by atoms with van der Waals surface area (Å²) in [5.41, 5.74) is 7.01. The topological polar surface area (TPSA) is 41.4 Å². The van der Waals surface area contributed by atoms with E-state index in [4.69, 9.17) is 4.99 Å². The average Bonchev–Trinajstić information content (AvgIpc) is 3.44. The van der Waals surface area contributed by atoms with Gasteiger partial charge in [0.25, 0.3) is 0 Å². The van der Waals surface area contributed by atoms with Crippen molar-refractivity contribution in [1.29, 1.82) is 0 Å². The van der Waals surface area contributed by atoms with Crippen LogP contribution in [-0.4, -0.2) is 10.5 Å². The maximum atomic E-state index is 5.32. The number of para-hydroxylation sites is 1. The summed E-state index contributed by atoms with van der Waals surface area (Å²) in [6.07, 6.45) is -0.327. The molecule has 9 rings (SSSR count). The minimum atomic E-state index is -0.210. The van der Waals surface area contributed by atoms with Crippen molar-refractivity contribution in [2.75, 3.05) is 0 Å². The van der Waals surface area contributed by atoms with E-state index in [-0.39, 0.29) is 12.3 Å². The van der Waals surface area contributed by atoms with E-state index in [1.807, 2.05) is 0 Å². The molecule has 0 radical (unpaired) electrons. The molecule has 2 N–H and O–H groups in total. The van der Waals surface area contributed by atoms with Gasteiger partial charge in [0.2, 0.25) is 5.96 Å². The Morgan fingerprint density at radius 2 is 1.11 bits per heavy atom. The van der Waals surface area contributed by atoms with Crippen molar-refractivity contribution in [3.63, 3.8) is 0 Å². The molecule has 0 aliphatic carbocycles. The normalized spacial score (nSPS) is 16.7. The van der Waals surface area contributed by atoms with Gasteiger partial charge in [-0.3, -0.25) is 9.88 Å². The highest BCUT2D eigenvalue weighted by Gasteiger charge is 2.27. The molecule has 0 spiro atoms. The predicted octanol–water partition coefficient (Wildman–Crippen LogP) is 9.56. The SMILES string of the molecule is c1ccc(-c2cc3cc4c(cc3c3ccccc23)c2ccccc2n4C2=NC(c3ccccc3)NC(c3ccccc3)N2)cc1. The van der Waals surface area contributed by atoms with E-state index in [2.05, 4.69) is 173 Å². The van der Waals surface area contributed by atoms with E-state index in [1.54, 1.807) is 0 Å². The number of aliphatic imine (C=N–C) groups is 1. The maximum Gasteiger partial charge on any atom is 0.206 e. The Kier molecular flexibility index (Phi) is 6.00. The van der Waals surface area contributed by atoms with Gasteiger partial charge in [-0.25, -0.2) is 4.99 Å². The van der Waals surface area contributed by atoms with Gasteiger partial charge in [0.1, 0.15) is 12.3 Å². The van der Waals surface area contributed by atoms with Gasteiger partial charge in [-0.2, -0.15) is 0 Å². The smallest absolute Gasteiger partial charge is 0.206 e. The molecular formula is C41H30N4. The number of nitrogens with zero attached hydrogens (tertiary/aromatic N) is 2. The largest absolute Gasteiger partial charge is 0.336 e. The van der Waals surface area contributed by atoms with Crippen LogP contribution in [-0.2, 0) is 0 Å². The second-order valence-electron chi connectivity index (χ2n) is 11.7. The Morgan fingerprint density at radius 1 is 0.489 bits per heavy atom. The molecule has 2 atom stereocenters. The van der Waals surface area contributed by atoms with Crippen LogP contribution in [0.2, 0.25) is 0 Å². The molecule has 0 bridgehead atoms. The molecule has 1 aliphatic heterocycles. The van der Waals surface area contributed by atoms with Crippen LogP contribution in [0.5, 0.6) is 0 Å². The Morgan fingerprint density at radius 3 is 1.87 bits per heavy atom. The quantitative estimate of drug-likeness (QED) is 0.205. The minimum Gasteiger partial charge on any atom is -0.336 e. The highest BCUT2D eigenvalue weighted by atomic mass is 15.4. The van der Waals surface area contributed by atoms with Crippen molar-refractivity contribution >= 4 is 49.3 Å². The van der Waals surface area contributed by atoms with Crippen molar-refractivity contribution < 1.29 is 0 Å². The number of fused-ring (bicyclic) bond motifs is 6. The van der Waals surface area contributed by atoms with E-state index in [9.17, 15) is 0 Å². The van der Waals surface area contributed by atoms with Crippen LogP contribution in [0.4, 0.5) is 0 Å². The fourth-order valence-electron chi connectivity index (χ4n) is 6.93. The summed E-state index contributed by atoms with van der Waals surface area (Å²) in [4.78, 5) is 5.32. The van der Waals surface area contributed by atoms with Crippen LogP contribution < -0.4 is 10.6 Å². The van der Waals surface area contributed by atoms with E-state index < -0.39 is 0 Å². The number of hydrogen-bond donors (Lipinski definition) is 2. The van der Waals surface area contributed by atoms with Crippen molar-refractivity contribution in [3.8, 4) is 11.1 Å². The third kappa shape index (κ3) is 4.30. The number of nitrogens with one attached hydrogen (secondary N) is 2. The highest BCUT2D eigenvalue weighted by Crippen LogP contribution is 2.39. The zero-order chi connectivity index (χ0) is 29.7. The molecule has 2 unspecified atom stereocenters. The van der Waals surface area contributed by atoms with Crippen molar-refractivity contribution in [2.24, 2.45) is 4.99 Å². The third-order valence-corrected chi connectivity index (χ3v) is 9.05. The lowest BCUT2D eigenvalue weighted by Gasteiger charge is -2.32. The second-order valence-corrected chi connectivity index (χ2v) is 11.7. The molecule has 214 valence electrons. The van der Waals surface area contributed by atoms with Crippen molar-refractivity contribution in [3.05, 3.63) is 169 Å². The predicted molar refractivity (Wildman–Crippen MR) is 187 cm³/mol. The first-order valence-electron chi connectivity index (χ1n) is 15.5. The molecular weight excluding hydrogens is 548 g/mol. The summed E-state index contributed by atoms with van der Waals surface area (Å²) in [6, 6.07) is 56.3. The lowest BCUT2D eigenvalue weighted by Crippen LogP contribution is -2.47. The van der Waals surface area contributed by atoms with Gasteiger partial charge in [0.15, 0.2) is 0 Å². The summed E-state index contributed by atoms with van der Waals surface area (Å²) in [6.45, 7) is 0. The van der Waals surface area contributed by atoms with Crippen LogP contribution in [0.3, 0.4) is 0 Å². The van der Waals surface area contributed by atoms with Gasteiger partial charge >= 0.3 is 0 Å². The Balaban J connectivity index is 1.32. The molecule has 7 aromatic carbocycles. The summed E-state index contributed by atoms with van der Waals surface area (Å²) in [7, 11) is 0. The van der Waals surface area contributed by atoms with Crippen LogP contribution in [0.25, 0.3) is 54.5 Å². The molecule has 0 fully saturated rings. The number of hydrogen-bond acceptors (Lipinski definition) is 3. The van der Waals surface area contributed by atoms with Crippen molar-refractivity contribution in [1.82, 2.24) is 15.2 Å². The molecule has 1 aromatic heterocycles. The molecule has 45 heavy (non-hydrogen) atoms. The van der Waals surface area contributed by atoms with Gasteiger partial charge in [0, 0.05) is 10.8 Å².